The highest BCUT2D eigenvalue weighted by Gasteiger charge is 2.40. The van der Waals surface area contributed by atoms with Gasteiger partial charge in [-0.15, -0.1) is 0 Å². The van der Waals surface area contributed by atoms with Crippen LogP contribution in [0.15, 0.2) is 58.4 Å². The van der Waals surface area contributed by atoms with Crippen LogP contribution in [-0.4, -0.2) is 43.0 Å². The van der Waals surface area contributed by atoms with E-state index in [1.54, 1.807) is 35.7 Å². The highest BCUT2D eigenvalue weighted by atomic mass is 32.2. The Labute approximate surface area is 204 Å². The third-order valence-electron chi connectivity index (χ3n) is 6.40. The van der Waals surface area contributed by atoms with Gasteiger partial charge in [-0.3, -0.25) is 4.79 Å². The van der Waals surface area contributed by atoms with Crippen molar-refractivity contribution in [1.29, 1.82) is 0 Å². The van der Waals surface area contributed by atoms with Crippen LogP contribution in [0, 0.1) is 5.92 Å². The molecule has 180 valence electrons. The van der Waals surface area contributed by atoms with Crippen LogP contribution in [0.4, 0.5) is 5.82 Å². The van der Waals surface area contributed by atoms with E-state index >= 15 is 0 Å². The van der Waals surface area contributed by atoms with Gasteiger partial charge in [-0.1, -0.05) is 13.0 Å². The number of anilines is 1. The lowest BCUT2D eigenvalue weighted by Crippen LogP contribution is -2.43. The van der Waals surface area contributed by atoms with Crippen molar-refractivity contribution in [3.8, 4) is 5.88 Å². The molecule has 4 heterocycles. The highest BCUT2D eigenvalue weighted by molar-refractivity contribution is 7.90. The number of hydrogen-bond acceptors (Lipinski definition) is 8. The Bertz CT molecular complexity index is 1260. The van der Waals surface area contributed by atoms with Crippen LogP contribution in [0.3, 0.4) is 0 Å². The maximum atomic E-state index is 13.1. The molecule has 1 saturated heterocycles. The van der Waals surface area contributed by atoms with E-state index in [0.29, 0.717) is 24.8 Å². The fourth-order valence-corrected chi connectivity index (χ4v) is 5.59. The van der Waals surface area contributed by atoms with Gasteiger partial charge in [0.2, 0.25) is 5.88 Å². The topological polar surface area (TPSA) is 101 Å². The van der Waals surface area contributed by atoms with Crippen LogP contribution < -0.4 is 14.4 Å². The molecule has 0 saturated carbocycles. The number of pyridine rings is 2. The molecule has 34 heavy (non-hydrogen) atoms. The number of thiophene rings is 1. The second-order valence-corrected chi connectivity index (χ2v) is 11.3. The van der Waals surface area contributed by atoms with E-state index in [4.69, 9.17) is 4.74 Å². The monoisotopic (exact) mass is 500 g/mol. The Morgan fingerprint density at radius 2 is 2.09 bits per heavy atom. The number of amides is 1. The summed E-state index contributed by atoms with van der Waals surface area (Å²) >= 11 is 1.61. The summed E-state index contributed by atoms with van der Waals surface area (Å²) in [5.41, 5.74) is 1.14. The minimum atomic E-state index is -4.21. The second kappa shape index (κ2) is 9.71. The third kappa shape index (κ3) is 5.07. The molecule has 0 aromatic carbocycles. The van der Waals surface area contributed by atoms with E-state index in [1.807, 2.05) is 16.8 Å². The number of hydrogen-bond donors (Lipinski definition) is 1. The van der Waals surface area contributed by atoms with E-state index in [0.717, 1.165) is 18.5 Å². The molecule has 1 unspecified atom stereocenters. The summed E-state index contributed by atoms with van der Waals surface area (Å²) in [6.45, 7) is 7.47. The second-order valence-electron chi connectivity index (χ2n) is 8.85. The molecular weight excluding hydrogens is 472 g/mol. The van der Waals surface area contributed by atoms with Gasteiger partial charge < -0.3 is 9.64 Å². The van der Waals surface area contributed by atoms with Crippen LogP contribution in [0.2, 0.25) is 0 Å². The smallest absolute Gasteiger partial charge is 0.281 e. The van der Waals surface area contributed by atoms with E-state index in [-0.39, 0.29) is 22.0 Å². The van der Waals surface area contributed by atoms with Crippen LogP contribution in [0.25, 0.3) is 0 Å². The molecule has 1 fully saturated rings. The molecule has 1 N–H and O–H groups in total. The largest absolute Gasteiger partial charge is 0.477 e. The fraction of sp³-hybridized carbons (Fsp3) is 0.375. The fourth-order valence-electron chi connectivity index (χ4n) is 3.96. The number of carbonyl (C=O) groups is 1. The van der Waals surface area contributed by atoms with Crippen molar-refractivity contribution in [2.45, 2.75) is 44.2 Å². The maximum absolute atomic E-state index is 13.1. The summed E-state index contributed by atoms with van der Waals surface area (Å²) in [5, 5.41) is 3.74. The number of nitrogens with zero attached hydrogens (tertiary/aromatic N) is 3. The molecule has 8 nitrogen and oxygen atoms in total. The number of ether oxygens (including phenoxy) is 1. The standard InChI is InChI=1S/C24H28N4O4S2/c1-17-9-13-28(24(17,2)3)22-19(6-5-12-25-22)23(29)27-34(30,31)21-8-4-7-20(26-21)32-14-10-18-11-15-33-16-18/h4-8,11-12,15-17H,9-10,13-14H2,1-3H3,(H,27,29). The number of carbonyl (C=O) groups excluding carboxylic acids is 1. The van der Waals surface area contributed by atoms with E-state index in [2.05, 4.69) is 40.4 Å². The van der Waals surface area contributed by atoms with Gasteiger partial charge in [0.05, 0.1) is 12.2 Å². The van der Waals surface area contributed by atoms with Gasteiger partial charge in [0.15, 0.2) is 5.03 Å². The van der Waals surface area contributed by atoms with Crippen LogP contribution in [0.1, 0.15) is 43.1 Å². The Balaban J connectivity index is 1.49. The lowest BCUT2D eigenvalue weighted by Gasteiger charge is -2.36. The van der Waals surface area contributed by atoms with Gasteiger partial charge in [-0.25, -0.2) is 9.71 Å². The van der Waals surface area contributed by atoms with Crippen molar-refractivity contribution in [2.24, 2.45) is 5.92 Å². The average molecular weight is 501 g/mol. The molecule has 1 aliphatic heterocycles. The number of nitrogens with one attached hydrogen (secondary N) is 1. The van der Waals surface area contributed by atoms with Crippen molar-refractivity contribution in [3.05, 3.63) is 64.5 Å². The van der Waals surface area contributed by atoms with Gasteiger partial charge >= 0.3 is 0 Å². The zero-order valence-electron chi connectivity index (χ0n) is 19.4. The molecular formula is C24H28N4O4S2. The summed E-state index contributed by atoms with van der Waals surface area (Å²) < 4.78 is 33.7. The first kappa shape index (κ1) is 24.2. The first-order valence-electron chi connectivity index (χ1n) is 11.1. The van der Waals surface area contributed by atoms with Crippen molar-refractivity contribution < 1.29 is 17.9 Å². The summed E-state index contributed by atoms with van der Waals surface area (Å²) in [4.78, 5) is 23.7. The molecule has 1 atom stereocenters. The van der Waals surface area contributed by atoms with Crippen LogP contribution in [-0.2, 0) is 16.4 Å². The minimum Gasteiger partial charge on any atom is -0.477 e. The molecule has 0 radical (unpaired) electrons. The Morgan fingerprint density at radius 1 is 1.26 bits per heavy atom. The third-order valence-corrected chi connectivity index (χ3v) is 8.36. The van der Waals surface area contributed by atoms with Crippen molar-refractivity contribution in [1.82, 2.24) is 14.7 Å². The predicted molar refractivity (Wildman–Crippen MR) is 132 cm³/mol. The molecule has 0 spiro atoms. The Morgan fingerprint density at radius 3 is 2.79 bits per heavy atom. The van der Waals surface area contributed by atoms with Crippen molar-refractivity contribution >= 4 is 33.1 Å². The first-order chi connectivity index (χ1) is 16.2. The van der Waals surface area contributed by atoms with E-state index in [1.165, 1.54) is 12.1 Å². The lowest BCUT2D eigenvalue weighted by molar-refractivity contribution is 0.0981. The highest BCUT2D eigenvalue weighted by Crippen LogP contribution is 2.38. The lowest BCUT2D eigenvalue weighted by atomic mass is 9.90. The number of aromatic nitrogens is 2. The van der Waals surface area contributed by atoms with Gasteiger partial charge in [0.1, 0.15) is 5.82 Å². The van der Waals surface area contributed by atoms with E-state index < -0.39 is 15.9 Å². The van der Waals surface area contributed by atoms with E-state index in [9.17, 15) is 13.2 Å². The maximum Gasteiger partial charge on any atom is 0.281 e. The zero-order valence-corrected chi connectivity index (χ0v) is 21.0. The summed E-state index contributed by atoms with van der Waals surface area (Å²) in [5.74, 6) is 0.313. The van der Waals surface area contributed by atoms with Gasteiger partial charge in [0.25, 0.3) is 15.9 Å². The van der Waals surface area contributed by atoms with Gasteiger partial charge in [0, 0.05) is 30.8 Å². The Kier molecular flexibility index (Phi) is 6.90. The number of sulfonamides is 1. The predicted octanol–water partition coefficient (Wildman–Crippen LogP) is 3.90. The number of rotatable bonds is 8. The molecule has 0 aliphatic carbocycles. The quantitative estimate of drug-likeness (QED) is 0.500. The van der Waals surface area contributed by atoms with Crippen molar-refractivity contribution in [3.63, 3.8) is 0 Å². The molecule has 4 rings (SSSR count). The van der Waals surface area contributed by atoms with Gasteiger partial charge in [-0.05, 0) is 66.8 Å². The van der Waals surface area contributed by atoms with Gasteiger partial charge in [-0.2, -0.15) is 24.7 Å². The van der Waals surface area contributed by atoms with Crippen molar-refractivity contribution in [2.75, 3.05) is 18.1 Å². The normalized spacial score (nSPS) is 17.5. The van der Waals surface area contributed by atoms with Crippen LogP contribution in [0.5, 0.6) is 5.88 Å². The molecule has 0 bridgehead atoms. The van der Waals surface area contributed by atoms with Crippen LogP contribution >= 0.6 is 11.3 Å². The molecule has 10 heteroatoms. The summed E-state index contributed by atoms with van der Waals surface area (Å²) in [6, 6.07) is 9.67. The SMILES string of the molecule is CC1CCN(c2ncccc2C(=O)NS(=O)(=O)c2cccc(OCCc3ccsc3)n2)C1(C)C. The molecule has 3 aromatic rings. The summed E-state index contributed by atoms with van der Waals surface area (Å²) in [6.07, 6.45) is 3.26. The zero-order chi connectivity index (χ0) is 24.3. The average Bonchev–Trinajstić information content (AvgIpc) is 3.41. The molecule has 1 amide bonds. The molecule has 3 aromatic heterocycles. The minimum absolute atomic E-state index is 0.181. The first-order valence-corrected chi connectivity index (χ1v) is 13.5. The molecule has 1 aliphatic rings. The Hall–Kier alpha value is -2.98. The summed E-state index contributed by atoms with van der Waals surface area (Å²) in [7, 11) is -4.21.